The molecule has 0 saturated heterocycles. The number of amides is 2. The largest absolute Gasteiger partial charge is 0.354 e. The van der Waals surface area contributed by atoms with E-state index in [0.717, 1.165) is 29.0 Å². The fourth-order valence-electron chi connectivity index (χ4n) is 3.71. The zero-order valence-electron chi connectivity index (χ0n) is 22.3. The van der Waals surface area contributed by atoms with Gasteiger partial charge in [-0.25, -0.2) is 8.42 Å². The number of sulfonamides is 1. The van der Waals surface area contributed by atoms with Gasteiger partial charge in [0.25, 0.3) is 0 Å². The van der Waals surface area contributed by atoms with E-state index >= 15 is 0 Å². The monoisotopic (exact) mass is 569 g/mol. The molecule has 7 nitrogen and oxygen atoms in total. The molecule has 0 aromatic heterocycles. The zero-order chi connectivity index (χ0) is 28.0. The van der Waals surface area contributed by atoms with Crippen LogP contribution in [0.1, 0.15) is 58.6 Å². The Bertz CT molecular complexity index is 1170. The lowest BCUT2D eigenvalue weighted by Gasteiger charge is -2.32. The highest BCUT2D eigenvalue weighted by Gasteiger charge is 2.31. The van der Waals surface area contributed by atoms with Crippen LogP contribution in [0.5, 0.6) is 0 Å². The molecule has 1 N–H and O–H groups in total. The average Bonchev–Trinajstić information content (AvgIpc) is 2.80. The highest BCUT2D eigenvalue weighted by atomic mass is 35.5. The SMILES string of the molecule is CCCCNC(=O)[C@@H](C)N(Cc1c(Cl)cccc1Cl)C(=O)CN(c1ccc(C(C)(C)C)cc1)S(C)(=O)=O. The van der Waals surface area contributed by atoms with E-state index in [1.165, 1.54) is 4.90 Å². The minimum absolute atomic E-state index is 0.0553. The van der Waals surface area contributed by atoms with Crippen molar-refractivity contribution in [1.82, 2.24) is 10.2 Å². The Morgan fingerprint density at radius 3 is 2.08 bits per heavy atom. The van der Waals surface area contributed by atoms with Gasteiger partial charge in [0.05, 0.1) is 11.9 Å². The fourth-order valence-corrected chi connectivity index (χ4v) is 5.08. The normalized spacial score (nSPS) is 12.6. The topological polar surface area (TPSA) is 86.8 Å². The summed E-state index contributed by atoms with van der Waals surface area (Å²) in [5, 5.41) is 3.54. The second kappa shape index (κ2) is 13.0. The van der Waals surface area contributed by atoms with Gasteiger partial charge in [-0.15, -0.1) is 0 Å². The second-order valence-electron chi connectivity index (χ2n) is 10.1. The summed E-state index contributed by atoms with van der Waals surface area (Å²) in [7, 11) is -3.81. The summed E-state index contributed by atoms with van der Waals surface area (Å²) in [5.41, 5.74) is 1.76. The van der Waals surface area contributed by atoms with Crippen LogP contribution < -0.4 is 9.62 Å². The van der Waals surface area contributed by atoms with Crippen molar-refractivity contribution in [2.24, 2.45) is 0 Å². The molecule has 204 valence electrons. The smallest absolute Gasteiger partial charge is 0.244 e. The predicted molar refractivity (Wildman–Crippen MR) is 152 cm³/mol. The van der Waals surface area contributed by atoms with Crippen molar-refractivity contribution in [3.63, 3.8) is 0 Å². The van der Waals surface area contributed by atoms with Gasteiger partial charge in [0.2, 0.25) is 21.8 Å². The van der Waals surface area contributed by atoms with E-state index in [1.807, 2.05) is 19.1 Å². The summed E-state index contributed by atoms with van der Waals surface area (Å²) in [6, 6.07) is 11.2. The van der Waals surface area contributed by atoms with Gasteiger partial charge >= 0.3 is 0 Å². The third-order valence-corrected chi connectivity index (χ3v) is 7.94. The molecule has 0 fully saturated rings. The Labute approximate surface area is 231 Å². The van der Waals surface area contributed by atoms with Gasteiger partial charge in [-0.2, -0.15) is 0 Å². The van der Waals surface area contributed by atoms with Crippen molar-refractivity contribution in [3.8, 4) is 0 Å². The summed E-state index contributed by atoms with van der Waals surface area (Å²) in [5.74, 6) is -0.898. The molecular weight excluding hydrogens is 533 g/mol. The van der Waals surface area contributed by atoms with Crippen LogP contribution >= 0.6 is 23.2 Å². The molecule has 37 heavy (non-hydrogen) atoms. The van der Waals surface area contributed by atoms with E-state index in [4.69, 9.17) is 23.2 Å². The number of carbonyl (C=O) groups excluding carboxylic acids is 2. The first-order valence-corrected chi connectivity index (χ1v) is 14.9. The number of rotatable bonds is 11. The third-order valence-electron chi connectivity index (χ3n) is 6.09. The van der Waals surface area contributed by atoms with Crippen LogP contribution in [0.15, 0.2) is 42.5 Å². The van der Waals surface area contributed by atoms with Crippen LogP contribution in [0.3, 0.4) is 0 Å². The van der Waals surface area contributed by atoms with E-state index in [0.29, 0.717) is 27.8 Å². The molecule has 0 unspecified atom stereocenters. The first-order chi connectivity index (χ1) is 17.2. The maximum atomic E-state index is 13.7. The Balaban J connectivity index is 2.42. The predicted octanol–water partition coefficient (Wildman–Crippen LogP) is 5.39. The molecule has 2 rings (SSSR count). The highest BCUT2D eigenvalue weighted by molar-refractivity contribution is 7.92. The van der Waals surface area contributed by atoms with Crippen LogP contribution in [0, 0.1) is 0 Å². The number of hydrogen-bond acceptors (Lipinski definition) is 4. The van der Waals surface area contributed by atoms with E-state index in [-0.39, 0.29) is 17.9 Å². The van der Waals surface area contributed by atoms with Gasteiger partial charge < -0.3 is 10.2 Å². The maximum Gasteiger partial charge on any atom is 0.244 e. The van der Waals surface area contributed by atoms with Crippen molar-refractivity contribution in [1.29, 1.82) is 0 Å². The lowest BCUT2D eigenvalue weighted by molar-refractivity contribution is -0.139. The number of hydrogen-bond donors (Lipinski definition) is 1. The average molecular weight is 571 g/mol. The molecule has 0 saturated carbocycles. The number of benzene rings is 2. The fraction of sp³-hybridized carbons (Fsp3) is 0.481. The van der Waals surface area contributed by atoms with E-state index in [9.17, 15) is 18.0 Å². The molecule has 0 aliphatic rings. The van der Waals surface area contributed by atoms with Gasteiger partial charge in [-0.3, -0.25) is 13.9 Å². The number of carbonyl (C=O) groups is 2. The van der Waals surface area contributed by atoms with Crippen LogP contribution in [0.4, 0.5) is 5.69 Å². The van der Waals surface area contributed by atoms with Crippen LogP contribution in [-0.2, 0) is 31.6 Å². The number of unbranched alkanes of at least 4 members (excludes halogenated alkanes) is 1. The molecule has 2 aromatic rings. The Morgan fingerprint density at radius 1 is 1.03 bits per heavy atom. The molecular formula is C27H37Cl2N3O4S. The summed E-state index contributed by atoms with van der Waals surface area (Å²) in [4.78, 5) is 27.9. The molecule has 0 spiro atoms. The van der Waals surface area contributed by atoms with Gasteiger partial charge in [0.15, 0.2) is 0 Å². The standard InChI is InChI=1S/C27H37Cl2N3O4S/c1-7-8-16-30-26(34)19(2)31(17-22-23(28)10-9-11-24(22)29)25(33)18-32(37(6,35)36)21-14-12-20(13-15-21)27(3,4)5/h9-15,19H,7-8,16-18H2,1-6H3,(H,30,34)/t19-/m1/s1. The van der Waals surface area contributed by atoms with E-state index in [2.05, 4.69) is 26.1 Å². The van der Waals surface area contributed by atoms with E-state index in [1.54, 1.807) is 37.3 Å². The van der Waals surface area contributed by atoms with Gasteiger partial charge in [0.1, 0.15) is 12.6 Å². The van der Waals surface area contributed by atoms with E-state index < -0.39 is 28.5 Å². The number of anilines is 1. The Morgan fingerprint density at radius 2 is 1.59 bits per heavy atom. The Hall–Kier alpha value is -2.29. The first-order valence-electron chi connectivity index (χ1n) is 12.2. The minimum atomic E-state index is -3.81. The van der Waals surface area contributed by atoms with Crippen LogP contribution in [0.25, 0.3) is 0 Å². The summed E-state index contributed by atoms with van der Waals surface area (Å²) in [6.45, 7) is 9.73. The van der Waals surface area contributed by atoms with Crippen LogP contribution in [-0.4, -0.2) is 50.5 Å². The number of nitrogens with one attached hydrogen (secondary N) is 1. The second-order valence-corrected chi connectivity index (χ2v) is 12.8. The first kappa shape index (κ1) is 30.9. The lowest BCUT2D eigenvalue weighted by atomic mass is 9.87. The third kappa shape index (κ3) is 8.62. The van der Waals surface area contributed by atoms with Gasteiger partial charge in [-0.05, 0) is 48.6 Å². The number of halogens is 2. The Kier molecular flexibility index (Phi) is 10.9. The van der Waals surface area contributed by atoms with Crippen molar-refractivity contribution >= 4 is 50.7 Å². The van der Waals surface area contributed by atoms with Gasteiger partial charge in [-0.1, -0.05) is 75.5 Å². The molecule has 2 aromatic carbocycles. The zero-order valence-corrected chi connectivity index (χ0v) is 24.7. The minimum Gasteiger partial charge on any atom is -0.354 e. The van der Waals surface area contributed by atoms with Gasteiger partial charge in [0, 0.05) is 28.7 Å². The molecule has 1 atom stereocenters. The molecule has 0 heterocycles. The van der Waals surface area contributed by atoms with Crippen LogP contribution in [0.2, 0.25) is 10.0 Å². The molecule has 0 radical (unpaired) electrons. The summed E-state index contributed by atoms with van der Waals surface area (Å²) < 4.78 is 26.5. The summed E-state index contributed by atoms with van der Waals surface area (Å²) >= 11 is 12.7. The highest BCUT2D eigenvalue weighted by Crippen LogP contribution is 2.28. The van der Waals surface area contributed by atoms with Crippen molar-refractivity contribution in [3.05, 3.63) is 63.6 Å². The van der Waals surface area contributed by atoms with Crippen molar-refractivity contribution < 1.29 is 18.0 Å². The molecule has 0 bridgehead atoms. The molecule has 2 amide bonds. The molecule has 10 heteroatoms. The maximum absolute atomic E-state index is 13.7. The lowest BCUT2D eigenvalue weighted by Crippen LogP contribution is -2.51. The van der Waals surface area contributed by atoms with Crippen molar-refractivity contribution in [2.75, 3.05) is 23.7 Å². The number of nitrogens with zero attached hydrogens (tertiary/aromatic N) is 2. The van der Waals surface area contributed by atoms with Crippen molar-refractivity contribution in [2.45, 2.75) is 65.5 Å². The molecule has 0 aliphatic heterocycles. The molecule has 0 aliphatic carbocycles. The summed E-state index contributed by atoms with van der Waals surface area (Å²) in [6.07, 6.45) is 2.76. The quantitative estimate of drug-likeness (QED) is 0.367.